The number of hydrogen-bond donors (Lipinski definition) is 2. The molecule has 2 aliphatic heterocycles. The fourth-order valence-corrected chi connectivity index (χ4v) is 4.51. The normalized spacial score (nSPS) is 19.3. The molecule has 0 spiro atoms. The van der Waals surface area contributed by atoms with Gasteiger partial charge in [0.2, 0.25) is 0 Å². The molecule has 1 unspecified atom stereocenters. The quantitative estimate of drug-likeness (QED) is 0.320. The second kappa shape index (κ2) is 13.3. The summed E-state index contributed by atoms with van der Waals surface area (Å²) < 4.78 is 0. The minimum atomic E-state index is 0. The van der Waals surface area contributed by atoms with Crippen molar-refractivity contribution in [1.29, 1.82) is 0 Å². The monoisotopic (exact) mass is 528 g/mol. The summed E-state index contributed by atoms with van der Waals surface area (Å²) in [7, 11) is 1.86. The molecule has 30 heavy (non-hydrogen) atoms. The average molecular weight is 529 g/mol. The molecule has 1 atom stereocenters. The molecule has 7 heteroatoms. The van der Waals surface area contributed by atoms with E-state index in [9.17, 15) is 0 Å². The number of nitrogens with one attached hydrogen (secondary N) is 2. The van der Waals surface area contributed by atoms with Gasteiger partial charge in [-0.15, -0.1) is 24.0 Å². The van der Waals surface area contributed by atoms with E-state index >= 15 is 0 Å². The number of likely N-dealkylation sites (tertiary alicyclic amines) is 1. The van der Waals surface area contributed by atoms with Gasteiger partial charge in [-0.05, 0) is 62.4 Å². The number of hydrogen-bond acceptors (Lipinski definition) is 4. The Labute approximate surface area is 200 Å². The predicted octanol–water partition coefficient (Wildman–Crippen LogP) is 3.87. The van der Waals surface area contributed by atoms with E-state index in [0.29, 0.717) is 12.0 Å². The number of nitrogens with zero attached hydrogens (tertiary/aromatic N) is 4. The molecule has 1 aromatic heterocycles. The van der Waals surface area contributed by atoms with Crippen LogP contribution in [0.15, 0.2) is 23.3 Å². The first-order chi connectivity index (χ1) is 14.2. The van der Waals surface area contributed by atoms with Gasteiger partial charge in [0, 0.05) is 45.5 Å². The van der Waals surface area contributed by atoms with Crippen LogP contribution in [0.2, 0.25) is 0 Å². The molecule has 3 rings (SSSR count). The molecule has 0 amide bonds. The van der Waals surface area contributed by atoms with Gasteiger partial charge in [-0.25, -0.2) is 4.98 Å². The molecule has 2 N–H and O–H groups in total. The maximum atomic E-state index is 4.55. The lowest BCUT2D eigenvalue weighted by Crippen LogP contribution is -2.49. The number of halogens is 1. The lowest BCUT2D eigenvalue weighted by molar-refractivity contribution is 0.161. The number of aromatic nitrogens is 1. The van der Waals surface area contributed by atoms with Crippen LogP contribution in [0.25, 0.3) is 0 Å². The fraction of sp³-hybridized carbons (Fsp3) is 0.739. The van der Waals surface area contributed by atoms with E-state index in [1.807, 2.05) is 13.2 Å². The molecular weight excluding hydrogens is 487 g/mol. The molecule has 0 bridgehead atoms. The molecule has 2 fully saturated rings. The van der Waals surface area contributed by atoms with E-state index in [1.54, 1.807) is 0 Å². The first-order valence-electron chi connectivity index (χ1n) is 11.6. The SMILES string of the molecule is CN=C(NCc1ccnc(N2CCCC2)c1)NCC(C(C)C)N1CCCCCC1.I. The van der Waals surface area contributed by atoms with Crippen LogP contribution in [0, 0.1) is 5.92 Å². The summed E-state index contributed by atoms with van der Waals surface area (Å²) in [6.07, 6.45) is 9.89. The minimum absolute atomic E-state index is 0. The van der Waals surface area contributed by atoms with Gasteiger partial charge in [-0.2, -0.15) is 0 Å². The summed E-state index contributed by atoms with van der Waals surface area (Å²) in [6, 6.07) is 4.85. The summed E-state index contributed by atoms with van der Waals surface area (Å²) in [5.74, 6) is 2.61. The number of aliphatic imine (C=N–C) groups is 1. The van der Waals surface area contributed by atoms with E-state index < -0.39 is 0 Å². The third-order valence-corrected chi connectivity index (χ3v) is 6.28. The zero-order valence-corrected chi connectivity index (χ0v) is 21.4. The van der Waals surface area contributed by atoms with Gasteiger partial charge in [0.15, 0.2) is 5.96 Å². The second-order valence-electron chi connectivity index (χ2n) is 8.78. The zero-order valence-electron chi connectivity index (χ0n) is 19.1. The van der Waals surface area contributed by atoms with Crippen molar-refractivity contribution in [2.45, 2.75) is 65.0 Å². The highest BCUT2D eigenvalue weighted by molar-refractivity contribution is 14.0. The number of guanidine groups is 1. The van der Waals surface area contributed by atoms with Crippen LogP contribution in [-0.4, -0.2) is 61.7 Å². The van der Waals surface area contributed by atoms with Crippen molar-refractivity contribution in [2.75, 3.05) is 44.7 Å². The van der Waals surface area contributed by atoms with Gasteiger partial charge in [0.25, 0.3) is 0 Å². The molecule has 170 valence electrons. The number of pyridine rings is 1. The standard InChI is InChI=1S/C23H40N6.HI/c1-19(2)21(28-12-6-4-5-7-13-28)18-27-23(24-3)26-17-20-10-11-25-22(16-20)29-14-8-9-15-29;/h10-11,16,19,21H,4-9,12-15,17-18H2,1-3H3,(H2,24,26,27);1H. The fourth-order valence-electron chi connectivity index (χ4n) is 4.51. The van der Waals surface area contributed by atoms with Gasteiger partial charge in [-0.3, -0.25) is 9.89 Å². The van der Waals surface area contributed by atoms with Crippen LogP contribution in [-0.2, 0) is 6.54 Å². The summed E-state index contributed by atoms with van der Waals surface area (Å²) in [5.41, 5.74) is 1.25. The Morgan fingerprint density at radius 2 is 1.70 bits per heavy atom. The van der Waals surface area contributed by atoms with Crippen LogP contribution in [0.5, 0.6) is 0 Å². The lowest BCUT2D eigenvalue weighted by atomic mass is 10.0. The van der Waals surface area contributed by atoms with Crippen LogP contribution >= 0.6 is 24.0 Å². The van der Waals surface area contributed by atoms with Crippen molar-refractivity contribution in [3.63, 3.8) is 0 Å². The number of rotatable bonds is 7. The van der Waals surface area contributed by atoms with Crippen LogP contribution in [0.4, 0.5) is 5.82 Å². The highest BCUT2D eigenvalue weighted by Gasteiger charge is 2.23. The molecule has 2 saturated heterocycles. The van der Waals surface area contributed by atoms with E-state index in [1.165, 1.54) is 57.2 Å². The van der Waals surface area contributed by atoms with E-state index in [2.05, 4.69) is 56.4 Å². The van der Waals surface area contributed by atoms with Gasteiger partial charge >= 0.3 is 0 Å². The summed E-state index contributed by atoms with van der Waals surface area (Å²) >= 11 is 0. The molecule has 0 aliphatic carbocycles. The minimum Gasteiger partial charge on any atom is -0.357 e. The van der Waals surface area contributed by atoms with Crippen molar-refractivity contribution in [2.24, 2.45) is 10.9 Å². The van der Waals surface area contributed by atoms with Gasteiger partial charge in [0.05, 0.1) is 0 Å². The molecule has 1 aromatic rings. The Morgan fingerprint density at radius 1 is 1.03 bits per heavy atom. The third kappa shape index (κ3) is 7.55. The topological polar surface area (TPSA) is 55.8 Å². The first kappa shape index (κ1) is 25.2. The van der Waals surface area contributed by atoms with Crippen molar-refractivity contribution in [1.82, 2.24) is 20.5 Å². The Hall–Kier alpha value is -1.09. The van der Waals surface area contributed by atoms with Crippen molar-refractivity contribution in [3.05, 3.63) is 23.9 Å². The second-order valence-corrected chi connectivity index (χ2v) is 8.78. The summed E-state index contributed by atoms with van der Waals surface area (Å²) in [5, 5.41) is 7.07. The largest absolute Gasteiger partial charge is 0.357 e. The van der Waals surface area contributed by atoms with Crippen LogP contribution in [0.3, 0.4) is 0 Å². The summed E-state index contributed by atoms with van der Waals surface area (Å²) in [6.45, 7) is 11.1. The van der Waals surface area contributed by atoms with Gasteiger partial charge < -0.3 is 15.5 Å². The molecule has 2 aliphatic rings. The van der Waals surface area contributed by atoms with Crippen molar-refractivity contribution < 1.29 is 0 Å². The highest BCUT2D eigenvalue weighted by atomic mass is 127. The Morgan fingerprint density at radius 3 is 2.33 bits per heavy atom. The van der Waals surface area contributed by atoms with Crippen molar-refractivity contribution >= 4 is 35.8 Å². The maximum Gasteiger partial charge on any atom is 0.191 e. The Balaban J connectivity index is 0.00000320. The van der Waals surface area contributed by atoms with Gasteiger partial charge in [-0.1, -0.05) is 26.7 Å². The Kier molecular flexibility index (Phi) is 11.2. The zero-order chi connectivity index (χ0) is 20.5. The van der Waals surface area contributed by atoms with E-state index in [-0.39, 0.29) is 24.0 Å². The van der Waals surface area contributed by atoms with Crippen LogP contribution in [0.1, 0.15) is 57.9 Å². The van der Waals surface area contributed by atoms with Gasteiger partial charge in [0.1, 0.15) is 5.82 Å². The number of anilines is 1. The highest BCUT2D eigenvalue weighted by Crippen LogP contribution is 2.19. The van der Waals surface area contributed by atoms with E-state index in [4.69, 9.17) is 0 Å². The molecule has 3 heterocycles. The molecule has 6 nitrogen and oxygen atoms in total. The molecule has 0 radical (unpaired) electrons. The smallest absolute Gasteiger partial charge is 0.191 e. The van der Waals surface area contributed by atoms with Crippen LogP contribution < -0.4 is 15.5 Å². The first-order valence-corrected chi connectivity index (χ1v) is 11.6. The molecule has 0 saturated carbocycles. The predicted molar refractivity (Wildman–Crippen MR) is 138 cm³/mol. The molecule has 0 aromatic carbocycles. The third-order valence-electron chi connectivity index (χ3n) is 6.28. The average Bonchev–Trinajstić information content (AvgIpc) is 3.14. The summed E-state index contributed by atoms with van der Waals surface area (Å²) in [4.78, 5) is 14.1. The van der Waals surface area contributed by atoms with E-state index in [0.717, 1.165) is 38.0 Å². The maximum absolute atomic E-state index is 4.55. The lowest BCUT2D eigenvalue weighted by Gasteiger charge is -2.34. The van der Waals surface area contributed by atoms with Crippen molar-refractivity contribution in [3.8, 4) is 0 Å². The molecular formula is C23H41IN6. The Bertz CT molecular complexity index is 636.